The van der Waals surface area contributed by atoms with Crippen molar-refractivity contribution in [3.05, 3.63) is 65.5 Å². The minimum absolute atomic E-state index is 0.0931. The molecule has 2 rings (SSSR count). The van der Waals surface area contributed by atoms with E-state index < -0.39 is 0 Å². The molecule has 110 valence electrons. The first-order valence-electron chi connectivity index (χ1n) is 6.90. The molecule has 0 aromatic heterocycles. The summed E-state index contributed by atoms with van der Waals surface area (Å²) in [6.45, 7) is 4.06. The lowest BCUT2D eigenvalue weighted by Crippen LogP contribution is -2.30. The van der Waals surface area contributed by atoms with Crippen LogP contribution in [0.15, 0.2) is 48.5 Å². The highest BCUT2D eigenvalue weighted by atomic mass is 19.1. The smallest absolute Gasteiger partial charge is 0.238 e. The Morgan fingerprint density at radius 2 is 1.90 bits per heavy atom. The lowest BCUT2D eigenvalue weighted by molar-refractivity contribution is -0.115. The van der Waals surface area contributed by atoms with Gasteiger partial charge >= 0.3 is 0 Å². The quantitative estimate of drug-likeness (QED) is 0.884. The topological polar surface area (TPSA) is 41.1 Å². The van der Waals surface area contributed by atoms with E-state index in [4.69, 9.17) is 0 Å². The average Bonchev–Trinajstić information content (AvgIpc) is 2.47. The molecule has 0 radical (unpaired) electrons. The fourth-order valence-electron chi connectivity index (χ4n) is 1.98. The normalized spacial score (nSPS) is 12.0. The summed E-state index contributed by atoms with van der Waals surface area (Å²) in [6.07, 6.45) is 0. The summed E-state index contributed by atoms with van der Waals surface area (Å²) < 4.78 is 13.1. The second-order valence-corrected chi connectivity index (χ2v) is 5.07. The third kappa shape index (κ3) is 4.68. The molecule has 3 nitrogen and oxygen atoms in total. The fourth-order valence-corrected chi connectivity index (χ4v) is 1.98. The average molecular weight is 286 g/mol. The molecule has 0 fully saturated rings. The summed E-state index contributed by atoms with van der Waals surface area (Å²) in [4.78, 5) is 11.9. The number of rotatable bonds is 5. The van der Waals surface area contributed by atoms with Crippen LogP contribution < -0.4 is 10.6 Å². The first-order chi connectivity index (χ1) is 10.0. The Balaban J connectivity index is 1.84. The van der Waals surface area contributed by atoms with Crippen molar-refractivity contribution in [2.75, 3.05) is 11.9 Å². The van der Waals surface area contributed by atoms with Crippen LogP contribution in [-0.2, 0) is 4.79 Å². The van der Waals surface area contributed by atoms with Crippen molar-refractivity contribution in [3.8, 4) is 0 Å². The number of amides is 1. The summed E-state index contributed by atoms with van der Waals surface area (Å²) in [5, 5.41) is 5.89. The molecule has 2 aromatic carbocycles. The van der Waals surface area contributed by atoms with Gasteiger partial charge in [0.2, 0.25) is 5.91 Å². The number of aryl methyl sites for hydroxylation is 1. The molecule has 0 aliphatic carbocycles. The van der Waals surface area contributed by atoms with E-state index >= 15 is 0 Å². The number of carbonyl (C=O) groups is 1. The molecule has 1 amide bonds. The molecule has 0 spiro atoms. The lowest BCUT2D eigenvalue weighted by atomic mass is 10.1. The van der Waals surface area contributed by atoms with Gasteiger partial charge in [-0.05, 0) is 43.7 Å². The van der Waals surface area contributed by atoms with Crippen LogP contribution in [0.2, 0.25) is 0 Å². The number of nitrogens with one attached hydrogen (secondary N) is 2. The van der Waals surface area contributed by atoms with Crippen LogP contribution in [0.4, 0.5) is 10.1 Å². The minimum Gasteiger partial charge on any atom is -0.325 e. The highest BCUT2D eigenvalue weighted by molar-refractivity contribution is 5.92. The fraction of sp³-hybridized carbons (Fsp3) is 0.235. The number of anilines is 1. The SMILES string of the molecule is Cc1ccc(NC(=O)CN[C@H](C)c2cccc(F)c2)cc1. The molecule has 0 heterocycles. The minimum atomic E-state index is -0.273. The van der Waals surface area contributed by atoms with Crippen LogP contribution in [0.1, 0.15) is 24.1 Å². The van der Waals surface area contributed by atoms with E-state index in [-0.39, 0.29) is 24.3 Å². The lowest BCUT2D eigenvalue weighted by Gasteiger charge is -2.14. The van der Waals surface area contributed by atoms with Crippen LogP contribution in [0.25, 0.3) is 0 Å². The van der Waals surface area contributed by atoms with E-state index in [9.17, 15) is 9.18 Å². The van der Waals surface area contributed by atoms with Crippen molar-refractivity contribution < 1.29 is 9.18 Å². The summed E-state index contributed by atoms with van der Waals surface area (Å²) in [6, 6.07) is 13.9. The van der Waals surface area contributed by atoms with E-state index in [2.05, 4.69) is 10.6 Å². The zero-order chi connectivity index (χ0) is 15.2. The number of hydrogen-bond acceptors (Lipinski definition) is 2. The van der Waals surface area contributed by atoms with Gasteiger partial charge in [0.05, 0.1) is 6.54 Å². The van der Waals surface area contributed by atoms with Crippen molar-refractivity contribution in [1.29, 1.82) is 0 Å². The number of benzene rings is 2. The number of hydrogen-bond donors (Lipinski definition) is 2. The van der Waals surface area contributed by atoms with Gasteiger partial charge in [0, 0.05) is 11.7 Å². The summed E-state index contributed by atoms with van der Waals surface area (Å²) in [5.74, 6) is -0.396. The van der Waals surface area contributed by atoms with Gasteiger partial charge in [-0.1, -0.05) is 29.8 Å². The standard InChI is InChI=1S/C17H19FN2O/c1-12-6-8-16(9-7-12)20-17(21)11-19-13(2)14-4-3-5-15(18)10-14/h3-10,13,19H,11H2,1-2H3,(H,20,21)/t13-/m1/s1. The Morgan fingerprint density at radius 3 is 2.57 bits per heavy atom. The van der Waals surface area contributed by atoms with E-state index in [0.29, 0.717) is 0 Å². The predicted molar refractivity (Wildman–Crippen MR) is 82.6 cm³/mol. The van der Waals surface area contributed by atoms with Crippen molar-refractivity contribution in [1.82, 2.24) is 5.32 Å². The van der Waals surface area contributed by atoms with Gasteiger partial charge < -0.3 is 10.6 Å². The van der Waals surface area contributed by atoms with E-state index in [1.54, 1.807) is 6.07 Å². The summed E-state index contributed by atoms with van der Waals surface area (Å²) in [5.41, 5.74) is 2.73. The molecule has 0 saturated heterocycles. The van der Waals surface area contributed by atoms with Crippen molar-refractivity contribution in [2.45, 2.75) is 19.9 Å². The Labute approximate surface area is 124 Å². The Hall–Kier alpha value is -2.20. The maximum Gasteiger partial charge on any atom is 0.238 e. The van der Waals surface area contributed by atoms with Crippen LogP contribution in [-0.4, -0.2) is 12.5 Å². The molecular weight excluding hydrogens is 267 g/mol. The Kier molecular flexibility index (Phi) is 5.06. The van der Waals surface area contributed by atoms with Crippen LogP contribution >= 0.6 is 0 Å². The maximum absolute atomic E-state index is 13.1. The van der Waals surface area contributed by atoms with Crippen molar-refractivity contribution in [2.24, 2.45) is 0 Å². The zero-order valence-electron chi connectivity index (χ0n) is 12.2. The summed E-state index contributed by atoms with van der Waals surface area (Å²) in [7, 11) is 0. The monoisotopic (exact) mass is 286 g/mol. The maximum atomic E-state index is 13.1. The van der Waals surface area contributed by atoms with Crippen molar-refractivity contribution in [3.63, 3.8) is 0 Å². The molecule has 1 atom stereocenters. The first-order valence-corrected chi connectivity index (χ1v) is 6.90. The Morgan fingerprint density at radius 1 is 1.19 bits per heavy atom. The molecule has 0 aliphatic rings. The van der Waals surface area contributed by atoms with Crippen LogP contribution in [0.5, 0.6) is 0 Å². The molecule has 2 aromatic rings. The van der Waals surface area contributed by atoms with Gasteiger partial charge in [0.15, 0.2) is 0 Å². The molecule has 0 bridgehead atoms. The van der Waals surface area contributed by atoms with E-state index in [0.717, 1.165) is 16.8 Å². The van der Waals surface area contributed by atoms with Crippen molar-refractivity contribution >= 4 is 11.6 Å². The molecule has 0 aliphatic heterocycles. The Bertz CT molecular complexity index is 610. The van der Waals surface area contributed by atoms with Gasteiger partial charge in [-0.15, -0.1) is 0 Å². The number of carbonyl (C=O) groups excluding carboxylic acids is 1. The van der Waals surface area contributed by atoms with Crippen LogP contribution in [0, 0.1) is 12.7 Å². The first kappa shape index (κ1) is 15.2. The zero-order valence-corrected chi connectivity index (χ0v) is 12.2. The largest absolute Gasteiger partial charge is 0.325 e. The third-order valence-corrected chi connectivity index (χ3v) is 3.25. The van der Waals surface area contributed by atoms with Gasteiger partial charge in [-0.3, -0.25) is 4.79 Å². The molecule has 21 heavy (non-hydrogen) atoms. The molecular formula is C17H19FN2O. The number of halogens is 1. The molecule has 0 saturated carbocycles. The van der Waals surface area contributed by atoms with Gasteiger partial charge in [0.25, 0.3) is 0 Å². The second kappa shape index (κ2) is 6.99. The highest BCUT2D eigenvalue weighted by Crippen LogP contribution is 2.13. The predicted octanol–water partition coefficient (Wildman–Crippen LogP) is 3.42. The molecule has 4 heteroatoms. The molecule has 2 N–H and O–H groups in total. The third-order valence-electron chi connectivity index (χ3n) is 3.25. The van der Waals surface area contributed by atoms with E-state index in [1.165, 1.54) is 12.1 Å². The van der Waals surface area contributed by atoms with Gasteiger partial charge in [0.1, 0.15) is 5.82 Å². The summed E-state index contributed by atoms with van der Waals surface area (Å²) >= 11 is 0. The van der Waals surface area contributed by atoms with Crippen LogP contribution in [0.3, 0.4) is 0 Å². The molecule has 0 unspecified atom stereocenters. The van der Waals surface area contributed by atoms with Gasteiger partial charge in [-0.25, -0.2) is 4.39 Å². The van der Waals surface area contributed by atoms with Gasteiger partial charge in [-0.2, -0.15) is 0 Å². The second-order valence-electron chi connectivity index (χ2n) is 5.07. The van der Waals surface area contributed by atoms with E-state index in [1.807, 2.05) is 44.2 Å². The highest BCUT2D eigenvalue weighted by Gasteiger charge is 2.08.